The van der Waals surface area contributed by atoms with Crippen LogP contribution in [-0.2, 0) is 9.59 Å². The summed E-state index contributed by atoms with van der Waals surface area (Å²) in [4.78, 5) is 41.5. The van der Waals surface area contributed by atoms with Crippen molar-refractivity contribution in [1.82, 2.24) is 4.98 Å². The van der Waals surface area contributed by atoms with Gasteiger partial charge in [0.2, 0.25) is 0 Å². The summed E-state index contributed by atoms with van der Waals surface area (Å²) < 4.78 is 0. The van der Waals surface area contributed by atoms with Gasteiger partial charge in [0.05, 0.1) is 16.5 Å². The summed E-state index contributed by atoms with van der Waals surface area (Å²) in [5.41, 5.74) is 0.461. The molecule has 3 aromatic rings. The van der Waals surface area contributed by atoms with Crippen molar-refractivity contribution < 1.29 is 19.6 Å². The van der Waals surface area contributed by atoms with E-state index in [1.165, 1.54) is 47.5 Å². The van der Waals surface area contributed by atoms with Gasteiger partial charge in [-0.25, -0.2) is 4.98 Å². The Morgan fingerprint density at radius 3 is 2.37 bits per heavy atom. The predicted molar refractivity (Wildman–Crippen MR) is 111 cm³/mol. The van der Waals surface area contributed by atoms with E-state index in [0.29, 0.717) is 16.1 Å². The van der Waals surface area contributed by atoms with Crippen LogP contribution in [0.15, 0.2) is 65.7 Å². The number of nitro benzene ring substituents is 1. The molecular formula is C20H12ClN3O5S. The smallest absolute Gasteiger partial charge is 0.301 e. The van der Waals surface area contributed by atoms with E-state index in [1.54, 1.807) is 17.5 Å². The van der Waals surface area contributed by atoms with Gasteiger partial charge in [-0.3, -0.25) is 24.6 Å². The lowest BCUT2D eigenvalue weighted by atomic mass is 9.95. The number of hydrogen-bond acceptors (Lipinski definition) is 7. The second kappa shape index (κ2) is 7.69. The highest BCUT2D eigenvalue weighted by atomic mass is 35.5. The first-order valence-electron chi connectivity index (χ1n) is 8.59. The van der Waals surface area contributed by atoms with Crippen molar-refractivity contribution in [2.75, 3.05) is 4.90 Å². The van der Waals surface area contributed by atoms with Gasteiger partial charge in [0.1, 0.15) is 5.76 Å². The second-order valence-corrected chi connectivity index (χ2v) is 7.65. The fraction of sp³-hybridized carbons (Fsp3) is 0.0500. The highest BCUT2D eigenvalue weighted by Crippen LogP contribution is 2.43. The van der Waals surface area contributed by atoms with Gasteiger partial charge in [-0.1, -0.05) is 11.6 Å². The number of non-ortho nitro benzene ring substituents is 1. The van der Waals surface area contributed by atoms with Crippen molar-refractivity contribution in [2.45, 2.75) is 6.04 Å². The van der Waals surface area contributed by atoms with Gasteiger partial charge < -0.3 is 5.11 Å². The molecule has 1 N–H and O–H groups in total. The van der Waals surface area contributed by atoms with E-state index in [9.17, 15) is 24.8 Å². The van der Waals surface area contributed by atoms with Crippen molar-refractivity contribution in [3.05, 3.63) is 91.9 Å². The first kappa shape index (κ1) is 19.7. The van der Waals surface area contributed by atoms with Crippen LogP contribution in [0.1, 0.15) is 17.2 Å². The Bertz CT molecular complexity index is 1170. The summed E-state index contributed by atoms with van der Waals surface area (Å²) >= 11 is 7.05. The van der Waals surface area contributed by atoms with Gasteiger partial charge in [0.25, 0.3) is 11.5 Å². The number of thiazole rings is 1. The number of halogens is 1. The van der Waals surface area contributed by atoms with Crippen LogP contribution in [0.3, 0.4) is 0 Å². The lowest BCUT2D eigenvalue weighted by Gasteiger charge is -2.22. The number of aromatic nitrogens is 1. The summed E-state index contributed by atoms with van der Waals surface area (Å²) in [6.45, 7) is 0. The number of ketones is 1. The molecule has 0 aliphatic carbocycles. The van der Waals surface area contributed by atoms with Gasteiger partial charge in [-0.15, -0.1) is 11.3 Å². The number of Topliss-reactive ketones (excluding diaryl/α,β-unsaturated/α-hetero) is 1. The summed E-state index contributed by atoms with van der Waals surface area (Å²) in [6, 6.07) is 10.6. The topological polar surface area (TPSA) is 114 Å². The first-order chi connectivity index (χ1) is 14.4. The standard InChI is InChI=1S/C20H12ClN3O5S/c21-13-5-1-12(2-6-13)17(25)15-16(11-3-7-14(8-4-11)24(28)29)23(19(27)18(15)26)20-22-9-10-30-20/h1-10,16,25H/b17-15+. The van der Waals surface area contributed by atoms with E-state index >= 15 is 0 Å². The highest BCUT2D eigenvalue weighted by Gasteiger charge is 2.48. The minimum absolute atomic E-state index is 0.133. The molecule has 10 heteroatoms. The molecule has 1 unspecified atom stereocenters. The molecule has 1 saturated heterocycles. The van der Waals surface area contributed by atoms with Crippen LogP contribution in [0.5, 0.6) is 0 Å². The molecule has 0 saturated carbocycles. The maximum Gasteiger partial charge on any atom is 0.301 e. The lowest BCUT2D eigenvalue weighted by Crippen LogP contribution is -2.29. The average Bonchev–Trinajstić information content (AvgIpc) is 3.35. The summed E-state index contributed by atoms with van der Waals surface area (Å²) in [7, 11) is 0. The predicted octanol–water partition coefficient (Wildman–Crippen LogP) is 4.33. The molecule has 30 heavy (non-hydrogen) atoms. The number of aliphatic hydroxyl groups is 1. The Labute approximate surface area is 178 Å². The molecule has 1 fully saturated rings. The molecular weight excluding hydrogens is 430 g/mol. The third-order valence-electron chi connectivity index (χ3n) is 4.61. The fourth-order valence-electron chi connectivity index (χ4n) is 3.22. The molecule has 0 radical (unpaired) electrons. The van der Waals surface area contributed by atoms with Crippen molar-refractivity contribution in [2.24, 2.45) is 0 Å². The maximum atomic E-state index is 12.9. The monoisotopic (exact) mass is 441 g/mol. The maximum absolute atomic E-state index is 12.9. The molecule has 4 rings (SSSR count). The largest absolute Gasteiger partial charge is 0.507 e. The number of aliphatic hydroxyl groups excluding tert-OH is 1. The number of nitro groups is 1. The summed E-state index contributed by atoms with van der Waals surface area (Å²) in [6.07, 6.45) is 1.49. The molecule has 0 bridgehead atoms. The third kappa shape index (κ3) is 3.34. The van der Waals surface area contributed by atoms with Crippen molar-refractivity contribution >= 4 is 51.2 Å². The lowest BCUT2D eigenvalue weighted by molar-refractivity contribution is -0.384. The zero-order chi connectivity index (χ0) is 21.4. The molecule has 1 amide bonds. The van der Waals surface area contributed by atoms with Gasteiger partial charge in [-0.2, -0.15) is 0 Å². The van der Waals surface area contributed by atoms with Crippen LogP contribution >= 0.6 is 22.9 Å². The molecule has 150 valence electrons. The van der Waals surface area contributed by atoms with Crippen molar-refractivity contribution in [3.8, 4) is 0 Å². The Hall–Kier alpha value is -3.56. The van der Waals surface area contributed by atoms with Gasteiger partial charge in [-0.05, 0) is 42.0 Å². The number of carbonyl (C=O) groups excluding carboxylic acids is 2. The van der Waals surface area contributed by atoms with Crippen LogP contribution < -0.4 is 4.90 Å². The molecule has 1 aliphatic heterocycles. The number of benzene rings is 2. The molecule has 2 heterocycles. The molecule has 8 nitrogen and oxygen atoms in total. The average molecular weight is 442 g/mol. The van der Waals surface area contributed by atoms with E-state index in [-0.39, 0.29) is 22.2 Å². The Morgan fingerprint density at radius 2 is 1.80 bits per heavy atom. The molecule has 0 spiro atoms. The second-order valence-electron chi connectivity index (χ2n) is 6.34. The van der Waals surface area contributed by atoms with Gasteiger partial charge in [0, 0.05) is 34.3 Å². The minimum atomic E-state index is -0.993. The van der Waals surface area contributed by atoms with Crippen molar-refractivity contribution in [3.63, 3.8) is 0 Å². The van der Waals surface area contributed by atoms with E-state index in [1.807, 2.05) is 0 Å². The first-order valence-corrected chi connectivity index (χ1v) is 9.85. The van der Waals surface area contributed by atoms with E-state index < -0.39 is 22.7 Å². The van der Waals surface area contributed by atoms with Gasteiger partial charge >= 0.3 is 5.91 Å². The molecule has 1 aliphatic rings. The quantitative estimate of drug-likeness (QED) is 0.212. The number of rotatable bonds is 4. The van der Waals surface area contributed by atoms with Crippen LogP contribution in [0, 0.1) is 10.1 Å². The SMILES string of the molecule is O=C1C(=O)N(c2nccs2)C(c2ccc([N+](=O)[O-])cc2)/C1=C(\O)c1ccc(Cl)cc1. The highest BCUT2D eigenvalue weighted by molar-refractivity contribution is 7.14. The van der Waals surface area contributed by atoms with E-state index in [0.717, 1.165) is 11.3 Å². The Balaban J connectivity index is 1.91. The van der Waals surface area contributed by atoms with Gasteiger partial charge in [0.15, 0.2) is 5.13 Å². The summed E-state index contributed by atoms with van der Waals surface area (Å²) in [5.74, 6) is -2.09. The van der Waals surface area contributed by atoms with Crippen LogP contribution in [0.4, 0.5) is 10.8 Å². The van der Waals surface area contributed by atoms with Crippen LogP contribution in [0.2, 0.25) is 5.02 Å². The zero-order valence-corrected chi connectivity index (χ0v) is 16.6. The van der Waals surface area contributed by atoms with Crippen LogP contribution in [0.25, 0.3) is 5.76 Å². The Morgan fingerprint density at radius 1 is 1.13 bits per heavy atom. The molecule has 2 aromatic carbocycles. The summed E-state index contributed by atoms with van der Waals surface area (Å²) in [5, 5.41) is 24.3. The molecule has 1 aromatic heterocycles. The van der Waals surface area contributed by atoms with Crippen molar-refractivity contribution in [1.29, 1.82) is 0 Å². The minimum Gasteiger partial charge on any atom is -0.507 e. The number of nitrogens with zero attached hydrogens (tertiary/aromatic N) is 3. The van der Waals surface area contributed by atoms with Crippen LogP contribution in [-0.4, -0.2) is 26.7 Å². The normalized spacial score (nSPS) is 18.0. The molecule has 1 atom stereocenters. The Kier molecular flexibility index (Phi) is 5.06. The number of carbonyl (C=O) groups is 2. The number of amides is 1. The fourth-order valence-corrected chi connectivity index (χ4v) is 4.01. The third-order valence-corrected chi connectivity index (χ3v) is 5.63. The van der Waals surface area contributed by atoms with E-state index in [2.05, 4.69) is 4.98 Å². The zero-order valence-electron chi connectivity index (χ0n) is 15.1. The number of hydrogen-bond donors (Lipinski definition) is 1. The number of anilines is 1. The van der Waals surface area contributed by atoms with E-state index in [4.69, 9.17) is 11.6 Å².